The number of anilines is 1. The van der Waals surface area contributed by atoms with E-state index in [0.29, 0.717) is 11.4 Å². The summed E-state index contributed by atoms with van der Waals surface area (Å²) in [5, 5.41) is 13.2. The van der Waals surface area contributed by atoms with Crippen molar-refractivity contribution in [3.63, 3.8) is 0 Å². The van der Waals surface area contributed by atoms with Gasteiger partial charge in [-0.1, -0.05) is 0 Å². The van der Waals surface area contributed by atoms with Crippen molar-refractivity contribution in [3.05, 3.63) is 100 Å². The first-order valence-corrected chi connectivity index (χ1v) is 14.2. The number of hydrogen-bond acceptors (Lipinski definition) is 6. The molecular formula is C34H37N4O6-. The van der Waals surface area contributed by atoms with Crippen LogP contribution in [0.2, 0.25) is 0 Å². The molecule has 0 unspecified atom stereocenters. The van der Waals surface area contributed by atoms with Gasteiger partial charge in [0, 0.05) is 19.7 Å². The molecule has 4 amide bonds. The van der Waals surface area contributed by atoms with Crippen LogP contribution >= 0.6 is 0 Å². The zero-order valence-electron chi connectivity index (χ0n) is 27.0. The van der Waals surface area contributed by atoms with Gasteiger partial charge in [-0.25, -0.2) is 19.1 Å². The number of hydrogen-bond donors (Lipinski definition) is 0. The number of imide groups is 2. The van der Waals surface area contributed by atoms with Crippen LogP contribution in [0, 0.1) is 55.4 Å². The van der Waals surface area contributed by atoms with Crippen molar-refractivity contribution >= 4 is 29.6 Å². The zero-order chi connectivity index (χ0) is 33.1. The largest absolute Gasteiger partial charge is 0.859 e. The van der Waals surface area contributed by atoms with Gasteiger partial charge < -0.3 is 9.67 Å². The third-order valence-corrected chi connectivity index (χ3v) is 9.03. The fourth-order valence-corrected chi connectivity index (χ4v) is 5.45. The molecule has 1 saturated heterocycles. The van der Waals surface area contributed by atoms with E-state index in [-0.39, 0.29) is 16.7 Å². The maximum Gasteiger partial charge on any atom is 0.338 e. The molecule has 0 saturated carbocycles. The smallest absolute Gasteiger partial charge is 0.338 e. The van der Waals surface area contributed by atoms with Crippen molar-refractivity contribution in [3.8, 4) is 11.6 Å². The summed E-state index contributed by atoms with van der Waals surface area (Å²) < 4.78 is 1.83. The lowest BCUT2D eigenvalue weighted by molar-refractivity contribution is -0.280. The quantitative estimate of drug-likeness (QED) is 0.330. The molecule has 230 valence electrons. The molecule has 0 spiro atoms. The molecule has 0 N–H and O–H groups in total. The topological polar surface area (TPSA) is 125 Å². The molecule has 0 radical (unpaired) electrons. The van der Waals surface area contributed by atoms with Crippen molar-refractivity contribution in [2.45, 2.75) is 62.3 Å². The average Bonchev–Trinajstić information content (AvgIpc) is 2.98. The van der Waals surface area contributed by atoms with Gasteiger partial charge in [-0.05, 0) is 143 Å². The van der Waals surface area contributed by atoms with Crippen molar-refractivity contribution in [2.75, 3.05) is 11.9 Å². The predicted octanol–water partition coefficient (Wildman–Crippen LogP) is 4.03. The van der Waals surface area contributed by atoms with Crippen LogP contribution in [0.3, 0.4) is 0 Å². The molecular weight excluding hydrogens is 560 g/mol. The van der Waals surface area contributed by atoms with Gasteiger partial charge in [0.1, 0.15) is 5.57 Å². The van der Waals surface area contributed by atoms with E-state index >= 15 is 0 Å². The molecule has 10 nitrogen and oxygen atoms in total. The van der Waals surface area contributed by atoms with Crippen molar-refractivity contribution < 1.29 is 19.5 Å². The summed E-state index contributed by atoms with van der Waals surface area (Å²) in [7, 11) is 2.57. The number of allylic oxidation sites excluding steroid dienone is 2. The molecule has 1 aliphatic rings. The van der Waals surface area contributed by atoms with Crippen LogP contribution < -0.4 is 21.3 Å². The van der Waals surface area contributed by atoms with E-state index in [2.05, 4.69) is 0 Å². The third-order valence-electron chi connectivity index (χ3n) is 9.03. The van der Waals surface area contributed by atoms with Crippen molar-refractivity contribution in [1.82, 2.24) is 14.0 Å². The highest BCUT2D eigenvalue weighted by atomic mass is 16.3. The Kier molecular flexibility index (Phi) is 8.17. The van der Waals surface area contributed by atoms with Crippen LogP contribution in [0.4, 0.5) is 10.5 Å². The summed E-state index contributed by atoms with van der Waals surface area (Å²) in [5.74, 6) is -2.45. The fraction of sp³-hybridized carbons (Fsp3) is 0.324. The number of barbiturate groups is 1. The van der Waals surface area contributed by atoms with E-state index < -0.39 is 35.0 Å². The Bertz CT molecular complexity index is 1990. The number of aromatic nitrogens is 2. The second-order valence-electron chi connectivity index (χ2n) is 11.6. The lowest BCUT2D eigenvalue weighted by Crippen LogP contribution is -2.55. The molecule has 0 bridgehead atoms. The number of rotatable bonds is 4. The number of carbonyl (C=O) groups excluding carboxylic acids is 3. The lowest BCUT2D eigenvalue weighted by Gasteiger charge is -2.33. The van der Waals surface area contributed by atoms with E-state index in [9.17, 15) is 29.1 Å². The monoisotopic (exact) mass is 597 g/mol. The van der Waals surface area contributed by atoms with Crippen LogP contribution in [0.1, 0.15) is 57.0 Å². The number of urea groups is 1. The number of aryl methyl sites for hydroxylation is 2. The van der Waals surface area contributed by atoms with Gasteiger partial charge in [-0.15, -0.1) is 0 Å². The normalized spacial score (nSPS) is 15.2. The van der Waals surface area contributed by atoms with Gasteiger partial charge in [0.15, 0.2) is 0 Å². The highest BCUT2D eigenvalue weighted by Crippen LogP contribution is 2.32. The average molecular weight is 598 g/mol. The molecule has 3 aromatic rings. The maximum absolute atomic E-state index is 13.7. The van der Waals surface area contributed by atoms with Crippen molar-refractivity contribution in [1.29, 1.82) is 0 Å². The molecule has 0 aliphatic carbocycles. The number of benzene rings is 2. The standard InChI is InChI=1S/C34H38N4O6/c1-16(12-25-29(39)35(10)33(43)37(31(25)41)27-14-17(2)19(4)21(6)23(27)8)13-26-30(40)36(11)34(44)38(32(26)42)28-15-18(3)20(5)22(7)24(28)9/h12-15,39H,1-11H3/p-1. The molecule has 10 heteroatoms. The molecule has 1 aromatic heterocycles. The molecule has 4 rings (SSSR count). The number of amides is 4. The third kappa shape index (κ3) is 4.90. The highest BCUT2D eigenvalue weighted by molar-refractivity contribution is 6.37. The number of carbonyl (C=O) groups is 3. The van der Waals surface area contributed by atoms with E-state index in [1.165, 1.54) is 33.2 Å². The zero-order valence-corrected chi connectivity index (χ0v) is 27.0. The molecule has 2 aromatic carbocycles. The molecule has 1 aliphatic heterocycles. The van der Waals surface area contributed by atoms with Gasteiger partial charge >= 0.3 is 11.7 Å². The summed E-state index contributed by atoms with van der Waals surface area (Å²) in [5.41, 5.74) is 5.86. The maximum atomic E-state index is 13.7. The van der Waals surface area contributed by atoms with Crippen LogP contribution in [0.25, 0.3) is 11.8 Å². The van der Waals surface area contributed by atoms with Crippen molar-refractivity contribution in [2.24, 2.45) is 7.05 Å². The van der Waals surface area contributed by atoms with Gasteiger partial charge in [0.25, 0.3) is 17.4 Å². The Balaban J connectivity index is 1.90. The van der Waals surface area contributed by atoms with Crippen LogP contribution in [0.15, 0.2) is 38.9 Å². The Morgan fingerprint density at radius 1 is 0.705 bits per heavy atom. The summed E-state index contributed by atoms with van der Waals surface area (Å²) in [4.78, 5) is 68.9. The minimum Gasteiger partial charge on any atom is -0.859 e. The summed E-state index contributed by atoms with van der Waals surface area (Å²) in [6, 6.07) is 2.70. The second-order valence-corrected chi connectivity index (χ2v) is 11.6. The molecule has 2 heterocycles. The van der Waals surface area contributed by atoms with E-state index in [1.807, 2.05) is 55.4 Å². The van der Waals surface area contributed by atoms with Gasteiger partial charge in [0.2, 0.25) is 0 Å². The fourth-order valence-electron chi connectivity index (χ4n) is 5.45. The summed E-state index contributed by atoms with van der Waals surface area (Å²) in [6.45, 7) is 16.6. The SMILES string of the molecule is CC(=Cc1c([O-])n(C)c(=O)n(-c2cc(C)c(C)c(C)c2C)c1=O)C=C1C(=O)N(C)C(=O)N(c2cc(C)c(C)c(C)c2C)C1=O. The van der Waals surface area contributed by atoms with Gasteiger partial charge in [-0.3, -0.25) is 19.3 Å². The predicted molar refractivity (Wildman–Crippen MR) is 168 cm³/mol. The molecule has 1 fully saturated rings. The van der Waals surface area contributed by atoms with E-state index in [4.69, 9.17) is 0 Å². The molecule has 0 atom stereocenters. The van der Waals surface area contributed by atoms with E-state index in [1.54, 1.807) is 12.1 Å². The Labute approximate surface area is 256 Å². The lowest BCUT2D eigenvalue weighted by atomic mass is 9.96. The Morgan fingerprint density at radius 2 is 1.20 bits per heavy atom. The van der Waals surface area contributed by atoms with Crippen LogP contribution in [0.5, 0.6) is 5.88 Å². The van der Waals surface area contributed by atoms with Gasteiger partial charge in [-0.2, -0.15) is 0 Å². The first-order valence-electron chi connectivity index (χ1n) is 14.2. The van der Waals surface area contributed by atoms with E-state index in [0.717, 1.165) is 63.4 Å². The van der Waals surface area contributed by atoms with Crippen LogP contribution in [-0.4, -0.2) is 38.9 Å². The number of nitrogens with zero attached hydrogens (tertiary/aromatic N) is 4. The first-order chi connectivity index (χ1) is 20.4. The molecule has 44 heavy (non-hydrogen) atoms. The highest BCUT2D eigenvalue weighted by Gasteiger charge is 2.41. The summed E-state index contributed by atoms with van der Waals surface area (Å²) in [6.07, 6.45) is 2.51. The minimum absolute atomic E-state index is 0.227. The first kappa shape index (κ1) is 31.9. The minimum atomic E-state index is -0.821. The number of likely N-dealkylation sites (N-methyl/N-ethyl adjacent to an activating group) is 1. The Morgan fingerprint density at radius 3 is 1.75 bits per heavy atom. The Hall–Kier alpha value is -4.99. The van der Waals surface area contributed by atoms with Crippen LogP contribution in [-0.2, 0) is 16.6 Å². The van der Waals surface area contributed by atoms with Gasteiger partial charge in [0.05, 0.1) is 11.4 Å². The summed E-state index contributed by atoms with van der Waals surface area (Å²) >= 11 is 0. The second kappa shape index (κ2) is 11.3.